The Labute approximate surface area is 126 Å². The van der Waals surface area contributed by atoms with Crippen molar-refractivity contribution in [1.82, 2.24) is 5.32 Å². The molecule has 1 amide bonds. The molecular formula is C15H24N2O3S. The maximum absolute atomic E-state index is 12.0. The summed E-state index contributed by atoms with van der Waals surface area (Å²) in [6.07, 6.45) is 0.361. The molecule has 1 aromatic carbocycles. The first-order valence-corrected chi connectivity index (χ1v) is 8.61. The summed E-state index contributed by atoms with van der Waals surface area (Å²) in [6.45, 7) is 5.96. The number of carbonyl (C=O) groups excluding carboxylic acids is 1. The lowest BCUT2D eigenvalue weighted by Gasteiger charge is -2.25. The van der Waals surface area contributed by atoms with Gasteiger partial charge < -0.3 is 11.1 Å². The van der Waals surface area contributed by atoms with Gasteiger partial charge in [-0.2, -0.15) is 0 Å². The van der Waals surface area contributed by atoms with Crippen molar-refractivity contribution in [3.8, 4) is 0 Å². The molecule has 21 heavy (non-hydrogen) atoms. The number of carbonyl (C=O) groups is 1. The van der Waals surface area contributed by atoms with E-state index in [1.807, 2.05) is 20.8 Å². The molecule has 0 fully saturated rings. The Morgan fingerprint density at radius 2 is 1.81 bits per heavy atom. The average Bonchev–Trinajstić information content (AvgIpc) is 2.42. The van der Waals surface area contributed by atoms with E-state index >= 15 is 0 Å². The smallest absolute Gasteiger partial charge is 0.237 e. The number of rotatable bonds is 6. The van der Waals surface area contributed by atoms with E-state index in [-0.39, 0.29) is 17.1 Å². The van der Waals surface area contributed by atoms with Crippen molar-refractivity contribution < 1.29 is 13.2 Å². The van der Waals surface area contributed by atoms with Gasteiger partial charge in [-0.15, -0.1) is 0 Å². The number of hydrogen-bond acceptors (Lipinski definition) is 4. The van der Waals surface area contributed by atoms with Crippen LogP contribution in [0.4, 0.5) is 0 Å². The Morgan fingerprint density at radius 1 is 1.24 bits per heavy atom. The van der Waals surface area contributed by atoms with Gasteiger partial charge in [-0.1, -0.05) is 39.0 Å². The first-order valence-electron chi connectivity index (χ1n) is 6.96. The molecule has 0 bridgehead atoms. The van der Waals surface area contributed by atoms with Gasteiger partial charge in [0, 0.05) is 6.54 Å². The van der Waals surface area contributed by atoms with Crippen molar-refractivity contribution >= 4 is 15.7 Å². The van der Waals surface area contributed by atoms with Crippen LogP contribution in [0.15, 0.2) is 35.2 Å². The summed E-state index contributed by atoms with van der Waals surface area (Å²) in [5.74, 6) is -0.248. The lowest BCUT2D eigenvalue weighted by atomic mass is 9.87. The lowest BCUT2D eigenvalue weighted by molar-refractivity contribution is -0.124. The molecule has 0 saturated carbocycles. The van der Waals surface area contributed by atoms with E-state index in [2.05, 4.69) is 5.32 Å². The Balaban J connectivity index is 2.43. The summed E-state index contributed by atoms with van der Waals surface area (Å²) < 4.78 is 24.1. The highest BCUT2D eigenvalue weighted by Gasteiger charge is 2.27. The van der Waals surface area contributed by atoms with E-state index in [0.29, 0.717) is 17.9 Å². The Hall–Kier alpha value is -1.40. The summed E-state index contributed by atoms with van der Waals surface area (Å²) in [5, 5.41) is 2.68. The van der Waals surface area contributed by atoms with Crippen LogP contribution in [-0.4, -0.2) is 32.7 Å². The molecule has 0 radical (unpaired) electrons. The predicted octanol–water partition coefficient (Wildman–Crippen LogP) is 1.34. The van der Waals surface area contributed by atoms with Gasteiger partial charge in [0.05, 0.1) is 16.7 Å². The fraction of sp³-hybridized carbons (Fsp3) is 0.533. The molecule has 1 aromatic rings. The zero-order valence-corrected chi connectivity index (χ0v) is 13.6. The average molecular weight is 312 g/mol. The highest BCUT2D eigenvalue weighted by atomic mass is 32.2. The second kappa shape index (κ2) is 7.04. The van der Waals surface area contributed by atoms with Crippen molar-refractivity contribution in [3.63, 3.8) is 0 Å². The Kier molecular flexibility index (Phi) is 5.92. The van der Waals surface area contributed by atoms with Gasteiger partial charge in [0.15, 0.2) is 9.84 Å². The molecule has 118 valence electrons. The SMILES string of the molecule is CC(C)(C)[C@H](N)C(=O)NCCCS(=O)(=O)c1ccccc1. The zero-order valence-electron chi connectivity index (χ0n) is 12.8. The topological polar surface area (TPSA) is 89.3 Å². The van der Waals surface area contributed by atoms with E-state index in [4.69, 9.17) is 5.73 Å². The molecular weight excluding hydrogens is 288 g/mol. The van der Waals surface area contributed by atoms with Crippen LogP contribution in [0.2, 0.25) is 0 Å². The molecule has 0 spiro atoms. The normalized spacial score (nSPS) is 13.7. The van der Waals surface area contributed by atoms with Crippen LogP contribution < -0.4 is 11.1 Å². The number of nitrogens with two attached hydrogens (primary N) is 1. The second-order valence-electron chi connectivity index (χ2n) is 6.12. The predicted molar refractivity (Wildman–Crippen MR) is 83.6 cm³/mol. The molecule has 1 atom stereocenters. The molecule has 0 unspecified atom stereocenters. The third kappa shape index (κ3) is 5.47. The third-order valence-electron chi connectivity index (χ3n) is 3.21. The van der Waals surface area contributed by atoms with Crippen LogP contribution in [0, 0.1) is 5.41 Å². The van der Waals surface area contributed by atoms with Crippen molar-refractivity contribution in [2.24, 2.45) is 11.1 Å². The lowest BCUT2D eigenvalue weighted by Crippen LogP contribution is -2.48. The van der Waals surface area contributed by atoms with Crippen molar-refractivity contribution in [2.75, 3.05) is 12.3 Å². The standard InChI is InChI=1S/C15H24N2O3S/c1-15(2,3)13(16)14(18)17-10-7-11-21(19,20)12-8-5-4-6-9-12/h4-6,8-9,13H,7,10-11,16H2,1-3H3,(H,17,18)/t13-/m1/s1. The number of nitrogens with one attached hydrogen (secondary N) is 1. The molecule has 0 aromatic heterocycles. The first kappa shape index (κ1) is 17.7. The summed E-state index contributed by atoms with van der Waals surface area (Å²) in [7, 11) is -3.29. The van der Waals surface area contributed by atoms with Gasteiger partial charge in [-0.25, -0.2) is 8.42 Å². The largest absolute Gasteiger partial charge is 0.355 e. The Bertz CT molecular complexity index is 562. The van der Waals surface area contributed by atoms with Crippen LogP contribution in [0.3, 0.4) is 0 Å². The molecule has 0 aliphatic carbocycles. The third-order valence-corrected chi connectivity index (χ3v) is 5.02. The minimum Gasteiger partial charge on any atom is -0.355 e. The van der Waals surface area contributed by atoms with Crippen LogP contribution in [0.1, 0.15) is 27.2 Å². The van der Waals surface area contributed by atoms with Gasteiger partial charge in [0.25, 0.3) is 0 Å². The monoisotopic (exact) mass is 312 g/mol. The fourth-order valence-electron chi connectivity index (χ4n) is 1.72. The quantitative estimate of drug-likeness (QED) is 0.776. The molecule has 6 heteroatoms. The van der Waals surface area contributed by atoms with E-state index in [1.165, 1.54) is 0 Å². The van der Waals surface area contributed by atoms with Crippen molar-refractivity contribution in [1.29, 1.82) is 0 Å². The number of sulfone groups is 1. The number of amides is 1. The maximum Gasteiger partial charge on any atom is 0.237 e. The maximum atomic E-state index is 12.0. The van der Waals surface area contributed by atoms with Gasteiger partial charge in [-0.3, -0.25) is 4.79 Å². The second-order valence-corrected chi connectivity index (χ2v) is 8.23. The summed E-state index contributed by atoms with van der Waals surface area (Å²) in [5.41, 5.74) is 5.50. The van der Waals surface area contributed by atoms with E-state index in [0.717, 1.165) is 0 Å². The fourth-order valence-corrected chi connectivity index (χ4v) is 3.05. The Morgan fingerprint density at radius 3 is 2.33 bits per heavy atom. The number of benzene rings is 1. The highest BCUT2D eigenvalue weighted by Crippen LogP contribution is 2.17. The molecule has 0 aliphatic rings. The molecule has 3 N–H and O–H groups in total. The van der Waals surface area contributed by atoms with Gasteiger partial charge in [0.1, 0.15) is 0 Å². The molecule has 0 aliphatic heterocycles. The summed E-state index contributed by atoms with van der Waals surface area (Å²) >= 11 is 0. The molecule has 0 saturated heterocycles. The number of hydrogen-bond donors (Lipinski definition) is 2. The van der Waals surface area contributed by atoms with Gasteiger partial charge in [-0.05, 0) is 24.0 Å². The minimum atomic E-state index is -3.29. The molecule has 0 heterocycles. The minimum absolute atomic E-state index is 0.00203. The van der Waals surface area contributed by atoms with Crippen molar-refractivity contribution in [3.05, 3.63) is 30.3 Å². The van der Waals surface area contributed by atoms with E-state index in [1.54, 1.807) is 30.3 Å². The van der Waals surface area contributed by atoms with Crippen LogP contribution in [0.25, 0.3) is 0 Å². The van der Waals surface area contributed by atoms with Crippen molar-refractivity contribution in [2.45, 2.75) is 38.1 Å². The first-order chi connectivity index (χ1) is 9.64. The van der Waals surface area contributed by atoms with E-state index < -0.39 is 15.9 Å². The van der Waals surface area contributed by atoms with Crippen LogP contribution in [-0.2, 0) is 14.6 Å². The van der Waals surface area contributed by atoms with Gasteiger partial charge >= 0.3 is 0 Å². The van der Waals surface area contributed by atoms with Gasteiger partial charge in [0.2, 0.25) is 5.91 Å². The summed E-state index contributed by atoms with van der Waals surface area (Å²) in [4.78, 5) is 12.1. The zero-order chi connectivity index (χ0) is 16.1. The van der Waals surface area contributed by atoms with Crippen LogP contribution >= 0.6 is 0 Å². The molecule has 5 nitrogen and oxygen atoms in total. The van der Waals surface area contributed by atoms with Crippen LogP contribution in [0.5, 0.6) is 0 Å². The highest BCUT2D eigenvalue weighted by molar-refractivity contribution is 7.91. The summed E-state index contributed by atoms with van der Waals surface area (Å²) in [6, 6.07) is 7.69. The van der Waals surface area contributed by atoms with E-state index in [9.17, 15) is 13.2 Å². The molecule has 1 rings (SSSR count).